The lowest BCUT2D eigenvalue weighted by molar-refractivity contribution is 0.134. The largest absolute Gasteiger partial charge is 0.391 e. The van der Waals surface area contributed by atoms with Crippen molar-refractivity contribution in [2.24, 2.45) is 0 Å². The molecule has 0 spiro atoms. The first-order chi connectivity index (χ1) is 2.77. The SMILES string of the molecule is CC(O)COP. The smallest absolute Gasteiger partial charge is 0.0759 e. The molecule has 1 N–H and O–H groups in total. The summed E-state index contributed by atoms with van der Waals surface area (Å²) in [5.74, 6) is 0. The molecule has 0 aliphatic carbocycles. The normalized spacial score (nSPS) is 14.5. The Balaban J connectivity index is 2.63. The van der Waals surface area contributed by atoms with Crippen molar-refractivity contribution in [2.75, 3.05) is 6.61 Å². The molecule has 0 aliphatic rings. The zero-order valence-corrected chi connectivity index (χ0v) is 4.87. The quantitative estimate of drug-likeness (QED) is 0.511. The van der Waals surface area contributed by atoms with Crippen molar-refractivity contribution < 1.29 is 9.63 Å². The topological polar surface area (TPSA) is 29.5 Å². The minimum absolute atomic E-state index is 0.345. The van der Waals surface area contributed by atoms with Crippen LogP contribution in [0.4, 0.5) is 0 Å². The summed E-state index contributed by atoms with van der Waals surface area (Å²) in [6.45, 7) is 2.06. The third kappa shape index (κ3) is 4.35. The van der Waals surface area contributed by atoms with E-state index in [-0.39, 0.29) is 6.10 Å². The molecule has 2 atom stereocenters. The highest BCUT2D eigenvalue weighted by Gasteiger charge is 1.87. The van der Waals surface area contributed by atoms with E-state index in [9.17, 15) is 0 Å². The van der Waals surface area contributed by atoms with Crippen molar-refractivity contribution in [1.29, 1.82) is 0 Å². The summed E-state index contributed by atoms with van der Waals surface area (Å²) >= 11 is 0. The van der Waals surface area contributed by atoms with E-state index in [0.717, 1.165) is 0 Å². The zero-order chi connectivity index (χ0) is 4.99. The maximum atomic E-state index is 8.41. The number of hydrogen-bond donors (Lipinski definition) is 1. The predicted molar refractivity (Wildman–Crippen MR) is 27.3 cm³/mol. The average Bonchev–Trinajstić information content (AvgIpc) is 1.35. The van der Waals surface area contributed by atoms with E-state index in [1.165, 1.54) is 0 Å². The Morgan fingerprint density at radius 1 is 2.00 bits per heavy atom. The highest BCUT2D eigenvalue weighted by atomic mass is 31.0. The summed E-state index contributed by atoms with van der Waals surface area (Å²) in [6.07, 6.45) is -0.345. The molecule has 38 valence electrons. The Labute approximate surface area is 39.8 Å². The Hall–Kier alpha value is 0.350. The molecular weight excluding hydrogens is 99.0 g/mol. The number of aliphatic hydroxyl groups excluding tert-OH is 1. The molecule has 0 saturated carbocycles. The van der Waals surface area contributed by atoms with Gasteiger partial charge in [0.25, 0.3) is 0 Å². The lowest BCUT2D eigenvalue weighted by atomic mass is 10.5. The fourth-order valence-corrected chi connectivity index (χ4v) is 0.418. The van der Waals surface area contributed by atoms with Gasteiger partial charge in [0.1, 0.15) is 0 Å². The molecule has 3 heteroatoms. The molecule has 0 rings (SSSR count). The number of rotatable bonds is 2. The van der Waals surface area contributed by atoms with Gasteiger partial charge in [-0.25, -0.2) is 0 Å². The molecule has 0 saturated heterocycles. The van der Waals surface area contributed by atoms with Gasteiger partial charge in [0.05, 0.1) is 12.7 Å². The van der Waals surface area contributed by atoms with Crippen molar-refractivity contribution in [3.63, 3.8) is 0 Å². The fraction of sp³-hybridized carbons (Fsp3) is 1.00. The summed E-state index contributed by atoms with van der Waals surface area (Å²) in [5.41, 5.74) is 0. The summed E-state index contributed by atoms with van der Waals surface area (Å²) in [4.78, 5) is 0. The van der Waals surface area contributed by atoms with Gasteiger partial charge in [-0.15, -0.1) is 0 Å². The number of aliphatic hydroxyl groups is 1. The molecule has 6 heavy (non-hydrogen) atoms. The summed E-state index contributed by atoms with van der Waals surface area (Å²) in [5, 5.41) is 8.41. The molecule has 0 radical (unpaired) electrons. The summed E-state index contributed by atoms with van der Waals surface area (Å²) in [6, 6.07) is 0. The van der Waals surface area contributed by atoms with Crippen LogP contribution < -0.4 is 0 Å². The van der Waals surface area contributed by atoms with Crippen molar-refractivity contribution in [2.45, 2.75) is 13.0 Å². The van der Waals surface area contributed by atoms with Crippen LogP contribution in [0.1, 0.15) is 6.92 Å². The van der Waals surface area contributed by atoms with Gasteiger partial charge < -0.3 is 9.63 Å². The summed E-state index contributed by atoms with van der Waals surface area (Å²) < 4.78 is 4.47. The first-order valence-corrected chi connectivity index (χ1v) is 2.24. The van der Waals surface area contributed by atoms with Crippen LogP contribution in [-0.2, 0) is 4.52 Å². The first kappa shape index (κ1) is 6.35. The van der Waals surface area contributed by atoms with Crippen molar-refractivity contribution in [3.05, 3.63) is 0 Å². The molecule has 0 fully saturated rings. The predicted octanol–water partition coefficient (Wildman–Crippen LogP) is 0.174. The van der Waals surface area contributed by atoms with Crippen LogP contribution in [0.2, 0.25) is 0 Å². The van der Waals surface area contributed by atoms with E-state index < -0.39 is 0 Å². The molecule has 0 aromatic heterocycles. The van der Waals surface area contributed by atoms with E-state index in [2.05, 4.69) is 14.0 Å². The second-order valence-corrected chi connectivity index (χ2v) is 1.52. The molecule has 0 heterocycles. The van der Waals surface area contributed by atoms with E-state index in [4.69, 9.17) is 5.11 Å². The van der Waals surface area contributed by atoms with Crippen molar-refractivity contribution in [3.8, 4) is 0 Å². The van der Waals surface area contributed by atoms with E-state index in [0.29, 0.717) is 6.61 Å². The van der Waals surface area contributed by atoms with Crippen LogP contribution in [0.3, 0.4) is 0 Å². The Bertz CT molecular complexity index is 30.0. The molecule has 0 amide bonds. The van der Waals surface area contributed by atoms with Gasteiger partial charge in [0.15, 0.2) is 0 Å². The van der Waals surface area contributed by atoms with Gasteiger partial charge in [-0.3, -0.25) is 0 Å². The Morgan fingerprint density at radius 3 is 2.50 bits per heavy atom. The zero-order valence-electron chi connectivity index (χ0n) is 3.72. The lowest BCUT2D eigenvalue weighted by Gasteiger charge is -1.96. The molecule has 0 aromatic rings. The van der Waals surface area contributed by atoms with Crippen LogP contribution in [-0.4, -0.2) is 17.8 Å². The van der Waals surface area contributed by atoms with E-state index in [1.807, 2.05) is 0 Å². The molecule has 0 aromatic carbocycles. The first-order valence-electron chi connectivity index (χ1n) is 1.77. The lowest BCUT2D eigenvalue weighted by Crippen LogP contribution is -2.04. The minimum atomic E-state index is -0.345. The average molecular weight is 108 g/mol. The van der Waals surface area contributed by atoms with Gasteiger partial charge in [0, 0.05) is 9.47 Å². The highest BCUT2D eigenvalue weighted by molar-refractivity contribution is 7.09. The van der Waals surface area contributed by atoms with Crippen LogP contribution >= 0.6 is 9.47 Å². The van der Waals surface area contributed by atoms with Crippen LogP contribution in [0.5, 0.6) is 0 Å². The van der Waals surface area contributed by atoms with Crippen molar-refractivity contribution in [1.82, 2.24) is 0 Å². The second kappa shape index (κ2) is 3.54. The molecule has 2 unspecified atom stereocenters. The van der Waals surface area contributed by atoms with E-state index in [1.54, 1.807) is 6.92 Å². The van der Waals surface area contributed by atoms with E-state index >= 15 is 0 Å². The molecule has 0 aliphatic heterocycles. The van der Waals surface area contributed by atoms with Gasteiger partial charge in [-0.1, -0.05) is 0 Å². The summed E-state index contributed by atoms with van der Waals surface area (Å²) in [7, 11) is 2.06. The fourth-order valence-electron chi connectivity index (χ4n) is 0.139. The maximum absolute atomic E-state index is 8.41. The minimum Gasteiger partial charge on any atom is -0.391 e. The van der Waals surface area contributed by atoms with Crippen LogP contribution in [0.15, 0.2) is 0 Å². The Morgan fingerprint density at radius 2 is 2.50 bits per heavy atom. The van der Waals surface area contributed by atoms with Crippen molar-refractivity contribution >= 4 is 9.47 Å². The van der Waals surface area contributed by atoms with Crippen LogP contribution in [0, 0.1) is 0 Å². The second-order valence-electron chi connectivity index (χ2n) is 1.18. The van der Waals surface area contributed by atoms with Crippen LogP contribution in [0.25, 0.3) is 0 Å². The molecular formula is C3H9O2P. The monoisotopic (exact) mass is 108 g/mol. The maximum Gasteiger partial charge on any atom is 0.0759 e. The van der Waals surface area contributed by atoms with Gasteiger partial charge in [-0.05, 0) is 6.92 Å². The third-order valence-electron chi connectivity index (χ3n) is 0.337. The third-order valence-corrected chi connectivity index (χ3v) is 0.530. The Kier molecular flexibility index (Phi) is 3.74. The van der Waals surface area contributed by atoms with Gasteiger partial charge >= 0.3 is 0 Å². The standard InChI is InChI=1S/C3H9O2P/c1-3(4)2-5-6/h3-4H,2,6H2,1H3. The highest BCUT2D eigenvalue weighted by Crippen LogP contribution is 1.86. The van der Waals surface area contributed by atoms with Gasteiger partial charge in [-0.2, -0.15) is 0 Å². The molecule has 0 bridgehead atoms. The van der Waals surface area contributed by atoms with Gasteiger partial charge in [0.2, 0.25) is 0 Å². The molecule has 2 nitrogen and oxygen atoms in total. The number of hydrogen-bond acceptors (Lipinski definition) is 2.